The second kappa shape index (κ2) is 7.69. The van der Waals surface area contributed by atoms with Gasteiger partial charge in [0.05, 0.1) is 16.6 Å². The summed E-state index contributed by atoms with van der Waals surface area (Å²) in [6.07, 6.45) is 0.678. The highest BCUT2D eigenvalue weighted by molar-refractivity contribution is 7.89. The predicted molar refractivity (Wildman–Crippen MR) is 90.1 cm³/mol. The van der Waals surface area contributed by atoms with Gasteiger partial charge in [0.25, 0.3) is 0 Å². The molecule has 1 aromatic carbocycles. The molecule has 0 spiro atoms. The molecular weight excluding hydrogens is 377 g/mol. The lowest BCUT2D eigenvalue weighted by Gasteiger charge is -2.30. The van der Waals surface area contributed by atoms with Gasteiger partial charge >= 0.3 is 0 Å². The van der Waals surface area contributed by atoms with Crippen molar-refractivity contribution in [1.29, 1.82) is 0 Å². The maximum Gasteiger partial charge on any atom is 0.246 e. The first-order valence-electron chi connectivity index (χ1n) is 7.23. The van der Waals surface area contributed by atoms with Crippen molar-refractivity contribution in [2.45, 2.75) is 17.7 Å². The second-order valence-electron chi connectivity index (χ2n) is 5.41. The fourth-order valence-electron chi connectivity index (χ4n) is 2.53. The van der Waals surface area contributed by atoms with Gasteiger partial charge in [0, 0.05) is 19.0 Å². The van der Waals surface area contributed by atoms with E-state index in [2.05, 4.69) is 5.32 Å². The number of carbonyl (C=O) groups is 2. The summed E-state index contributed by atoms with van der Waals surface area (Å²) in [4.78, 5) is 22.5. The number of benzene rings is 1. The molecule has 132 valence electrons. The zero-order valence-corrected chi connectivity index (χ0v) is 15.0. The number of halogens is 2. The van der Waals surface area contributed by atoms with E-state index in [1.165, 1.54) is 16.4 Å². The topological polar surface area (TPSA) is 110 Å². The van der Waals surface area contributed by atoms with E-state index >= 15 is 0 Å². The Labute approximate surface area is 150 Å². The number of amides is 2. The minimum atomic E-state index is -3.83. The lowest BCUT2D eigenvalue weighted by Crippen LogP contribution is -2.44. The Morgan fingerprint density at radius 2 is 1.75 bits per heavy atom. The molecule has 1 saturated heterocycles. The summed E-state index contributed by atoms with van der Waals surface area (Å²) in [5.74, 6) is -1.30. The molecule has 1 aromatic rings. The first kappa shape index (κ1) is 19.0. The number of piperidine rings is 1. The zero-order valence-electron chi connectivity index (χ0n) is 12.7. The van der Waals surface area contributed by atoms with Gasteiger partial charge in [-0.2, -0.15) is 4.31 Å². The number of nitrogens with two attached hydrogens (primary N) is 1. The number of sulfonamides is 1. The van der Waals surface area contributed by atoms with Gasteiger partial charge in [-0.15, -0.1) is 0 Å². The van der Waals surface area contributed by atoms with Crippen molar-refractivity contribution in [3.63, 3.8) is 0 Å². The number of hydrogen-bond donors (Lipinski definition) is 2. The van der Waals surface area contributed by atoms with Gasteiger partial charge in [-0.25, -0.2) is 8.42 Å². The molecule has 2 rings (SSSR count). The highest BCUT2D eigenvalue weighted by Crippen LogP contribution is 2.33. The van der Waals surface area contributed by atoms with Crippen LogP contribution in [0.4, 0.5) is 0 Å². The molecule has 1 aliphatic rings. The molecule has 1 aliphatic heterocycles. The third-order valence-corrected chi connectivity index (χ3v) is 6.63. The predicted octanol–water partition coefficient (Wildman–Crippen LogP) is 0.996. The van der Waals surface area contributed by atoms with Crippen LogP contribution in [0.5, 0.6) is 0 Å². The van der Waals surface area contributed by atoms with Gasteiger partial charge in [-0.3, -0.25) is 9.59 Å². The van der Waals surface area contributed by atoms with Crippen molar-refractivity contribution >= 4 is 45.0 Å². The Balaban J connectivity index is 2.06. The normalized spacial score (nSPS) is 16.8. The van der Waals surface area contributed by atoms with Gasteiger partial charge in [0.2, 0.25) is 21.8 Å². The minimum Gasteiger partial charge on any atom is -0.368 e. The fourth-order valence-corrected chi connectivity index (χ4v) is 5.10. The maximum absolute atomic E-state index is 12.7. The van der Waals surface area contributed by atoms with Crippen LogP contribution >= 0.6 is 23.2 Å². The van der Waals surface area contributed by atoms with Crippen molar-refractivity contribution in [1.82, 2.24) is 9.62 Å². The summed E-state index contributed by atoms with van der Waals surface area (Å²) < 4.78 is 26.7. The van der Waals surface area contributed by atoms with Crippen LogP contribution in [0.1, 0.15) is 12.8 Å². The summed E-state index contributed by atoms with van der Waals surface area (Å²) in [6, 6.07) is 4.49. The van der Waals surface area contributed by atoms with E-state index in [0.29, 0.717) is 12.8 Å². The molecule has 0 saturated carbocycles. The summed E-state index contributed by atoms with van der Waals surface area (Å²) in [5, 5.41) is 2.55. The summed E-state index contributed by atoms with van der Waals surface area (Å²) in [5.41, 5.74) is 4.98. The SMILES string of the molecule is NC(=O)CNC(=O)C1CCN(S(=O)(=O)c2c(Cl)cccc2Cl)CC1. The first-order valence-corrected chi connectivity index (χ1v) is 9.43. The quantitative estimate of drug-likeness (QED) is 0.776. The third kappa shape index (κ3) is 4.18. The molecule has 3 N–H and O–H groups in total. The Morgan fingerprint density at radius 3 is 2.25 bits per heavy atom. The first-order chi connectivity index (χ1) is 11.2. The molecule has 0 unspecified atom stereocenters. The fraction of sp³-hybridized carbons (Fsp3) is 0.429. The Bertz CT molecular complexity index is 726. The third-order valence-electron chi connectivity index (χ3n) is 3.78. The summed E-state index contributed by atoms with van der Waals surface area (Å²) >= 11 is 12.0. The number of rotatable bonds is 5. The van der Waals surface area contributed by atoms with Crippen LogP contribution < -0.4 is 11.1 Å². The molecule has 7 nitrogen and oxygen atoms in total. The molecule has 0 atom stereocenters. The monoisotopic (exact) mass is 393 g/mol. The van der Waals surface area contributed by atoms with Crippen molar-refractivity contribution in [3.05, 3.63) is 28.2 Å². The Kier molecular flexibility index (Phi) is 6.08. The molecular formula is C14H17Cl2N3O4S. The average molecular weight is 394 g/mol. The molecule has 0 bridgehead atoms. The Hall–Kier alpha value is -1.35. The minimum absolute atomic E-state index is 0.0591. The van der Waals surface area contributed by atoms with E-state index in [-0.39, 0.29) is 46.4 Å². The Morgan fingerprint density at radius 1 is 1.21 bits per heavy atom. The van der Waals surface area contributed by atoms with Gasteiger partial charge < -0.3 is 11.1 Å². The van der Waals surface area contributed by atoms with Gasteiger partial charge in [0.1, 0.15) is 4.90 Å². The highest BCUT2D eigenvalue weighted by atomic mass is 35.5. The van der Waals surface area contributed by atoms with Crippen molar-refractivity contribution in [3.8, 4) is 0 Å². The van der Waals surface area contributed by atoms with Crippen LogP contribution in [-0.2, 0) is 19.6 Å². The molecule has 0 aromatic heterocycles. The maximum atomic E-state index is 12.7. The zero-order chi connectivity index (χ0) is 17.9. The number of nitrogens with one attached hydrogen (secondary N) is 1. The van der Waals surface area contributed by atoms with E-state index in [9.17, 15) is 18.0 Å². The number of nitrogens with zero attached hydrogens (tertiary/aromatic N) is 1. The molecule has 0 radical (unpaired) electrons. The number of carbonyl (C=O) groups excluding carboxylic acids is 2. The van der Waals surface area contributed by atoms with Gasteiger partial charge in [-0.1, -0.05) is 29.3 Å². The van der Waals surface area contributed by atoms with E-state index in [1.807, 2.05) is 0 Å². The van der Waals surface area contributed by atoms with Crippen molar-refractivity contribution < 1.29 is 18.0 Å². The van der Waals surface area contributed by atoms with Gasteiger partial charge in [-0.05, 0) is 25.0 Å². The largest absolute Gasteiger partial charge is 0.368 e. The van der Waals surface area contributed by atoms with E-state index < -0.39 is 15.9 Å². The lowest BCUT2D eigenvalue weighted by molar-refractivity contribution is -0.128. The van der Waals surface area contributed by atoms with Crippen LogP contribution in [0.2, 0.25) is 10.0 Å². The van der Waals surface area contributed by atoms with Gasteiger partial charge in [0.15, 0.2) is 0 Å². The van der Waals surface area contributed by atoms with E-state index in [0.717, 1.165) is 0 Å². The molecule has 2 amide bonds. The summed E-state index contributed by atoms with van der Waals surface area (Å²) in [6.45, 7) is 0.101. The van der Waals surface area contributed by atoms with E-state index in [4.69, 9.17) is 28.9 Å². The molecule has 24 heavy (non-hydrogen) atoms. The molecule has 0 aliphatic carbocycles. The van der Waals surface area contributed by atoms with E-state index in [1.54, 1.807) is 6.07 Å². The number of primary amides is 1. The number of hydrogen-bond acceptors (Lipinski definition) is 4. The van der Waals surface area contributed by atoms with Crippen LogP contribution in [0.25, 0.3) is 0 Å². The van der Waals surface area contributed by atoms with Crippen molar-refractivity contribution in [2.75, 3.05) is 19.6 Å². The van der Waals surface area contributed by atoms with Crippen LogP contribution in [0, 0.1) is 5.92 Å². The van der Waals surface area contributed by atoms with Crippen LogP contribution in [0.15, 0.2) is 23.1 Å². The van der Waals surface area contributed by atoms with Crippen molar-refractivity contribution in [2.24, 2.45) is 11.7 Å². The van der Waals surface area contributed by atoms with Crippen LogP contribution in [0.3, 0.4) is 0 Å². The second-order valence-corrected chi connectivity index (χ2v) is 8.10. The molecule has 1 heterocycles. The highest BCUT2D eigenvalue weighted by Gasteiger charge is 2.34. The standard InChI is InChI=1S/C14H17Cl2N3O4S/c15-10-2-1-3-11(16)13(10)24(22,23)19-6-4-9(5-7-19)14(21)18-8-12(17)20/h1-3,9H,4-8H2,(H2,17,20)(H,18,21). The summed E-state index contributed by atoms with van der Waals surface area (Å²) in [7, 11) is -3.83. The lowest BCUT2D eigenvalue weighted by atomic mass is 9.97. The van der Waals surface area contributed by atoms with Crippen LogP contribution in [-0.4, -0.2) is 44.2 Å². The molecule has 1 fully saturated rings. The smallest absolute Gasteiger partial charge is 0.246 e. The average Bonchev–Trinajstić information content (AvgIpc) is 2.52. The molecule has 10 heteroatoms.